The van der Waals surface area contributed by atoms with Gasteiger partial charge >= 0.3 is 7.60 Å². The Kier molecular flexibility index (Phi) is 7.16. The summed E-state index contributed by atoms with van der Waals surface area (Å²) >= 11 is 3.37. The van der Waals surface area contributed by atoms with E-state index < -0.39 is 13.4 Å². The Morgan fingerprint density at radius 3 is 1.90 bits per heavy atom. The molecular formula is C13H21BrNO5P. The Hall–Kier alpha value is -0.590. The maximum atomic E-state index is 12.7. The quantitative estimate of drug-likeness (QED) is 0.691. The van der Waals surface area contributed by atoms with E-state index in [-0.39, 0.29) is 13.2 Å². The van der Waals surface area contributed by atoms with Crippen LogP contribution in [0.3, 0.4) is 0 Å². The molecule has 8 heteroatoms. The summed E-state index contributed by atoms with van der Waals surface area (Å²) in [5.41, 5.74) is 6.66. The molecule has 2 N–H and O–H groups in total. The topological polar surface area (TPSA) is 80.0 Å². The number of benzene rings is 1. The molecule has 0 spiro atoms. The predicted molar refractivity (Wildman–Crippen MR) is 85.0 cm³/mol. The minimum Gasteiger partial charge on any atom is -0.495 e. The van der Waals surface area contributed by atoms with E-state index in [0.717, 1.165) is 0 Å². The lowest BCUT2D eigenvalue weighted by molar-refractivity contribution is 0.212. The Balaban J connectivity index is 3.27. The minimum atomic E-state index is -3.46. The first-order valence-corrected chi connectivity index (χ1v) is 8.89. The molecule has 21 heavy (non-hydrogen) atoms. The molecule has 120 valence electrons. The smallest absolute Gasteiger partial charge is 0.351 e. The summed E-state index contributed by atoms with van der Waals surface area (Å²) in [5, 5.41) is 0. The molecule has 0 heterocycles. The van der Waals surface area contributed by atoms with E-state index in [1.165, 1.54) is 14.2 Å². The van der Waals surface area contributed by atoms with Crippen molar-refractivity contribution in [2.75, 3.05) is 27.4 Å². The molecule has 0 bridgehead atoms. The number of ether oxygens (including phenoxy) is 2. The van der Waals surface area contributed by atoms with E-state index >= 15 is 0 Å². The van der Waals surface area contributed by atoms with E-state index in [9.17, 15) is 4.57 Å². The molecule has 0 aliphatic rings. The van der Waals surface area contributed by atoms with Crippen LogP contribution in [-0.2, 0) is 13.6 Å². The summed E-state index contributed by atoms with van der Waals surface area (Å²) in [6.45, 7) is 3.97. The van der Waals surface area contributed by atoms with Gasteiger partial charge in [0.05, 0.1) is 27.4 Å². The van der Waals surface area contributed by atoms with Crippen LogP contribution in [0.5, 0.6) is 11.5 Å². The van der Waals surface area contributed by atoms with E-state index in [4.69, 9.17) is 24.3 Å². The fraction of sp³-hybridized carbons (Fsp3) is 0.538. The summed E-state index contributed by atoms with van der Waals surface area (Å²) in [6.07, 6.45) is 0. The van der Waals surface area contributed by atoms with Crippen molar-refractivity contribution in [2.45, 2.75) is 19.6 Å². The van der Waals surface area contributed by atoms with Gasteiger partial charge in [-0.05, 0) is 47.5 Å². The third kappa shape index (κ3) is 4.20. The summed E-state index contributed by atoms with van der Waals surface area (Å²) in [5.74, 6) is 0.131. The van der Waals surface area contributed by atoms with Crippen LogP contribution in [-0.4, -0.2) is 27.4 Å². The number of hydrogen-bond acceptors (Lipinski definition) is 6. The van der Waals surface area contributed by atoms with Gasteiger partial charge in [0.1, 0.15) is 21.8 Å². The van der Waals surface area contributed by atoms with Crippen molar-refractivity contribution in [1.29, 1.82) is 0 Å². The van der Waals surface area contributed by atoms with Crippen molar-refractivity contribution in [3.63, 3.8) is 0 Å². The highest BCUT2D eigenvalue weighted by Gasteiger charge is 2.34. The van der Waals surface area contributed by atoms with Crippen molar-refractivity contribution >= 4 is 23.5 Å². The fourth-order valence-electron chi connectivity index (χ4n) is 1.80. The number of methoxy groups -OCH3 is 2. The molecule has 0 saturated heterocycles. The molecular weight excluding hydrogens is 361 g/mol. The lowest BCUT2D eigenvalue weighted by Crippen LogP contribution is -2.15. The maximum Gasteiger partial charge on any atom is 0.351 e. The molecule has 1 aromatic rings. The van der Waals surface area contributed by atoms with Crippen LogP contribution in [0.4, 0.5) is 0 Å². The van der Waals surface area contributed by atoms with Gasteiger partial charge in [0, 0.05) is 0 Å². The van der Waals surface area contributed by atoms with Gasteiger partial charge in [-0.25, -0.2) is 0 Å². The molecule has 0 saturated carbocycles. The zero-order valence-electron chi connectivity index (χ0n) is 12.6. The van der Waals surface area contributed by atoms with E-state index in [2.05, 4.69) is 15.9 Å². The predicted octanol–water partition coefficient (Wildman–Crippen LogP) is 3.69. The molecule has 0 fully saturated rings. The van der Waals surface area contributed by atoms with Crippen LogP contribution in [0.15, 0.2) is 16.6 Å². The zero-order valence-corrected chi connectivity index (χ0v) is 15.1. The average molecular weight is 382 g/mol. The summed E-state index contributed by atoms with van der Waals surface area (Å²) < 4.78 is 34.5. The summed E-state index contributed by atoms with van der Waals surface area (Å²) in [6, 6.07) is 3.36. The highest BCUT2D eigenvalue weighted by molar-refractivity contribution is 9.10. The average Bonchev–Trinajstić information content (AvgIpc) is 2.47. The van der Waals surface area contributed by atoms with E-state index in [0.29, 0.717) is 21.5 Å². The van der Waals surface area contributed by atoms with Crippen LogP contribution < -0.4 is 15.2 Å². The zero-order chi connectivity index (χ0) is 16.0. The second-order valence-electron chi connectivity index (χ2n) is 4.06. The van der Waals surface area contributed by atoms with Crippen LogP contribution in [0.1, 0.15) is 25.2 Å². The largest absolute Gasteiger partial charge is 0.495 e. The van der Waals surface area contributed by atoms with Crippen molar-refractivity contribution in [1.82, 2.24) is 0 Å². The van der Waals surface area contributed by atoms with Crippen molar-refractivity contribution in [2.24, 2.45) is 5.73 Å². The molecule has 0 aromatic heterocycles. The molecule has 0 amide bonds. The van der Waals surface area contributed by atoms with Gasteiger partial charge in [-0.3, -0.25) is 4.57 Å². The van der Waals surface area contributed by atoms with Crippen molar-refractivity contribution in [3.05, 3.63) is 22.2 Å². The van der Waals surface area contributed by atoms with Gasteiger partial charge in [0.15, 0.2) is 0 Å². The molecule has 0 radical (unpaired) electrons. The third-order valence-electron chi connectivity index (χ3n) is 2.77. The van der Waals surface area contributed by atoms with Crippen molar-refractivity contribution < 1.29 is 23.1 Å². The molecule has 1 rings (SSSR count). The van der Waals surface area contributed by atoms with Gasteiger partial charge < -0.3 is 24.3 Å². The van der Waals surface area contributed by atoms with Gasteiger partial charge in [-0.1, -0.05) is 0 Å². The highest BCUT2D eigenvalue weighted by Crippen LogP contribution is 2.59. The number of nitrogens with two attached hydrogens (primary N) is 1. The van der Waals surface area contributed by atoms with Gasteiger partial charge in [0.25, 0.3) is 0 Å². The Morgan fingerprint density at radius 2 is 1.57 bits per heavy atom. The third-order valence-corrected chi connectivity index (χ3v) is 5.77. The van der Waals surface area contributed by atoms with E-state index in [1.807, 2.05) is 0 Å². The molecule has 0 unspecified atom stereocenters. The summed E-state index contributed by atoms with van der Waals surface area (Å²) in [7, 11) is -0.402. The van der Waals surface area contributed by atoms with Crippen LogP contribution >= 0.6 is 23.5 Å². The van der Waals surface area contributed by atoms with Crippen LogP contribution in [0.25, 0.3) is 0 Å². The Labute approximate surface area is 133 Å². The van der Waals surface area contributed by atoms with Gasteiger partial charge in [-0.15, -0.1) is 0 Å². The second kappa shape index (κ2) is 8.15. The number of rotatable bonds is 8. The van der Waals surface area contributed by atoms with Gasteiger partial charge in [0.2, 0.25) is 0 Å². The summed E-state index contributed by atoms with van der Waals surface area (Å²) in [4.78, 5) is 0. The lowest BCUT2D eigenvalue weighted by atomic mass is 10.2. The molecule has 0 aliphatic heterocycles. The molecule has 6 nitrogen and oxygen atoms in total. The van der Waals surface area contributed by atoms with Crippen LogP contribution in [0.2, 0.25) is 0 Å². The molecule has 1 atom stereocenters. The number of hydrogen-bond donors (Lipinski definition) is 1. The second-order valence-corrected chi connectivity index (χ2v) is 7.01. The molecule has 0 aliphatic carbocycles. The first-order chi connectivity index (χ1) is 9.93. The van der Waals surface area contributed by atoms with Crippen molar-refractivity contribution in [3.8, 4) is 11.5 Å². The van der Waals surface area contributed by atoms with E-state index in [1.54, 1.807) is 26.0 Å². The maximum absolute atomic E-state index is 12.7. The highest BCUT2D eigenvalue weighted by atomic mass is 79.9. The number of halogens is 1. The first kappa shape index (κ1) is 18.5. The fourth-order valence-corrected chi connectivity index (χ4v) is 3.98. The Bertz CT molecular complexity index is 490. The minimum absolute atomic E-state index is 0.246. The molecule has 1 aromatic carbocycles. The van der Waals surface area contributed by atoms with Gasteiger partial charge in [-0.2, -0.15) is 0 Å². The SMILES string of the molecule is CCOP(=O)(OCC)[C@H](N)c1cc(OC)c(Br)c(OC)c1. The standard InChI is InChI=1S/C13H21BrNO5P/c1-5-19-21(16,20-6-2)13(15)9-7-10(17-3)12(14)11(8-9)18-4/h7-8,13H,5-6,15H2,1-4H3/t13-/m0/s1. The Morgan fingerprint density at radius 1 is 1.14 bits per heavy atom. The monoisotopic (exact) mass is 381 g/mol. The first-order valence-electron chi connectivity index (χ1n) is 6.49. The van der Waals surface area contributed by atoms with Crippen LogP contribution in [0, 0.1) is 0 Å². The lowest BCUT2D eigenvalue weighted by Gasteiger charge is -2.24. The normalized spacial score (nSPS) is 13.0.